The van der Waals surface area contributed by atoms with Gasteiger partial charge in [-0.25, -0.2) is 0 Å². The number of carbonyl (C=O) groups is 1. The Hall–Kier alpha value is -0.170. The standard InChI is InChI=1S/C18H36BrNO4/c1-5-15(3)24-18(22)16(6-2)14-20(4)12-9-7-8-10-17(21)23-13-11-19/h15-16,18,22H,5-14H2,1-4H3/t15-,16-,18-/m1/s1. The molecule has 5 nitrogen and oxygen atoms in total. The van der Waals surface area contributed by atoms with E-state index in [9.17, 15) is 9.90 Å². The molecular formula is C18H36BrNO4. The number of aliphatic hydroxyl groups is 1. The zero-order chi connectivity index (χ0) is 18.4. The van der Waals surface area contributed by atoms with Crippen molar-refractivity contribution >= 4 is 21.9 Å². The Kier molecular flexibility index (Phi) is 15.0. The molecule has 0 saturated heterocycles. The molecule has 0 aliphatic rings. The molecule has 6 heteroatoms. The van der Waals surface area contributed by atoms with Crippen LogP contribution in [0.25, 0.3) is 0 Å². The molecule has 24 heavy (non-hydrogen) atoms. The first-order valence-electron chi connectivity index (χ1n) is 9.18. The van der Waals surface area contributed by atoms with E-state index in [0.29, 0.717) is 18.4 Å². The Morgan fingerprint density at radius 1 is 1.21 bits per heavy atom. The Bertz CT molecular complexity index is 317. The van der Waals surface area contributed by atoms with Crippen LogP contribution in [0.15, 0.2) is 0 Å². The van der Waals surface area contributed by atoms with Crippen molar-refractivity contribution in [1.29, 1.82) is 0 Å². The van der Waals surface area contributed by atoms with Gasteiger partial charge >= 0.3 is 5.97 Å². The molecule has 0 spiro atoms. The molecule has 3 atom stereocenters. The Morgan fingerprint density at radius 3 is 2.50 bits per heavy atom. The number of hydrogen-bond acceptors (Lipinski definition) is 5. The highest BCUT2D eigenvalue weighted by Crippen LogP contribution is 2.15. The van der Waals surface area contributed by atoms with Crippen LogP contribution in [-0.2, 0) is 14.3 Å². The van der Waals surface area contributed by atoms with Gasteiger partial charge in [-0.3, -0.25) is 4.79 Å². The fourth-order valence-corrected chi connectivity index (χ4v) is 2.57. The van der Waals surface area contributed by atoms with Crippen LogP contribution in [0.5, 0.6) is 0 Å². The molecule has 0 aromatic carbocycles. The van der Waals surface area contributed by atoms with Crippen molar-refractivity contribution in [3.8, 4) is 0 Å². The van der Waals surface area contributed by atoms with Crippen molar-refractivity contribution in [1.82, 2.24) is 4.90 Å². The number of alkyl halides is 1. The van der Waals surface area contributed by atoms with Crippen molar-refractivity contribution in [3.63, 3.8) is 0 Å². The van der Waals surface area contributed by atoms with Crippen LogP contribution in [0.1, 0.15) is 59.3 Å². The van der Waals surface area contributed by atoms with Crippen molar-refractivity contribution in [2.24, 2.45) is 5.92 Å². The van der Waals surface area contributed by atoms with Crippen LogP contribution >= 0.6 is 15.9 Å². The van der Waals surface area contributed by atoms with Crippen LogP contribution < -0.4 is 0 Å². The highest BCUT2D eigenvalue weighted by Gasteiger charge is 2.21. The second-order valence-corrected chi connectivity index (χ2v) is 7.19. The molecule has 0 aromatic heterocycles. The lowest BCUT2D eigenvalue weighted by Crippen LogP contribution is -2.36. The average Bonchev–Trinajstić information content (AvgIpc) is 2.57. The molecule has 144 valence electrons. The van der Waals surface area contributed by atoms with Gasteiger partial charge in [0, 0.05) is 24.2 Å². The number of nitrogens with zero attached hydrogens (tertiary/aromatic N) is 1. The molecule has 0 bridgehead atoms. The van der Waals surface area contributed by atoms with Crippen LogP contribution in [0.2, 0.25) is 0 Å². The van der Waals surface area contributed by atoms with E-state index in [1.807, 2.05) is 6.92 Å². The van der Waals surface area contributed by atoms with Gasteiger partial charge in [-0.05, 0) is 46.2 Å². The molecule has 0 amide bonds. The lowest BCUT2D eigenvalue weighted by atomic mass is 10.0. The van der Waals surface area contributed by atoms with E-state index in [0.717, 1.165) is 45.2 Å². The maximum absolute atomic E-state index is 11.4. The summed E-state index contributed by atoms with van der Waals surface area (Å²) in [5.41, 5.74) is 0. The molecule has 1 N–H and O–H groups in total. The maximum Gasteiger partial charge on any atom is 0.305 e. The van der Waals surface area contributed by atoms with Crippen LogP contribution in [0, 0.1) is 5.92 Å². The van der Waals surface area contributed by atoms with Crippen molar-refractivity contribution in [3.05, 3.63) is 0 Å². The molecular weight excluding hydrogens is 374 g/mol. The number of rotatable bonds is 15. The fourth-order valence-electron chi connectivity index (χ4n) is 2.41. The van der Waals surface area contributed by atoms with E-state index in [-0.39, 0.29) is 18.0 Å². The van der Waals surface area contributed by atoms with Crippen molar-refractivity contribution < 1.29 is 19.4 Å². The van der Waals surface area contributed by atoms with Gasteiger partial charge in [-0.2, -0.15) is 0 Å². The zero-order valence-electron chi connectivity index (χ0n) is 15.8. The number of halogens is 1. The lowest BCUT2D eigenvalue weighted by molar-refractivity contribution is -0.165. The minimum Gasteiger partial charge on any atom is -0.465 e. The molecule has 0 saturated carbocycles. The van der Waals surface area contributed by atoms with Gasteiger partial charge in [0.2, 0.25) is 0 Å². The lowest BCUT2D eigenvalue weighted by Gasteiger charge is -2.28. The van der Waals surface area contributed by atoms with E-state index in [1.54, 1.807) is 0 Å². The quantitative estimate of drug-likeness (QED) is 0.194. The third kappa shape index (κ3) is 12.2. The summed E-state index contributed by atoms with van der Waals surface area (Å²) in [6, 6.07) is 0. The fraction of sp³-hybridized carbons (Fsp3) is 0.944. The van der Waals surface area contributed by atoms with E-state index in [4.69, 9.17) is 9.47 Å². The summed E-state index contributed by atoms with van der Waals surface area (Å²) in [6.45, 7) is 8.36. The molecule has 0 aromatic rings. The summed E-state index contributed by atoms with van der Waals surface area (Å²) in [4.78, 5) is 13.6. The van der Waals surface area contributed by atoms with E-state index in [2.05, 4.69) is 41.7 Å². The minimum absolute atomic E-state index is 0.0867. The number of hydrogen-bond donors (Lipinski definition) is 1. The molecule has 0 aliphatic heterocycles. The van der Waals surface area contributed by atoms with E-state index in [1.165, 1.54) is 0 Å². The molecule has 0 unspecified atom stereocenters. The summed E-state index contributed by atoms with van der Waals surface area (Å²) in [5, 5.41) is 10.9. The van der Waals surface area contributed by atoms with Gasteiger partial charge in [0.15, 0.2) is 6.29 Å². The molecule has 0 aliphatic carbocycles. The summed E-state index contributed by atoms with van der Waals surface area (Å²) in [7, 11) is 2.07. The zero-order valence-corrected chi connectivity index (χ0v) is 17.4. The van der Waals surface area contributed by atoms with Gasteiger partial charge in [0.25, 0.3) is 0 Å². The highest BCUT2D eigenvalue weighted by atomic mass is 79.9. The smallest absolute Gasteiger partial charge is 0.305 e. The van der Waals surface area contributed by atoms with Gasteiger partial charge in [-0.1, -0.05) is 36.2 Å². The Morgan fingerprint density at radius 2 is 1.92 bits per heavy atom. The molecule has 0 heterocycles. The predicted octanol–water partition coefficient (Wildman–Crippen LogP) is 3.58. The first-order chi connectivity index (χ1) is 11.4. The van der Waals surface area contributed by atoms with Crippen LogP contribution in [-0.4, -0.2) is 60.4 Å². The Labute approximate surface area is 156 Å². The average molecular weight is 410 g/mol. The third-order valence-electron chi connectivity index (χ3n) is 4.18. The number of ether oxygens (including phenoxy) is 2. The van der Waals surface area contributed by atoms with Gasteiger partial charge in [-0.15, -0.1) is 0 Å². The second-order valence-electron chi connectivity index (χ2n) is 6.40. The van der Waals surface area contributed by atoms with Crippen LogP contribution in [0.3, 0.4) is 0 Å². The largest absolute Gasteiger partial charge is 0.465 e. The normalized spacial score (nSPS) is 15.3. The van der Waals surface area contributed by atoms with E-state index >= 15 is 0 Å². The maximum atomic E-state index is 11.4. The number of unbranched alkanes of at least 4 members (excludes halogenated alkanes) is 2. The first-order valence-corrected chi connectivity index (χ1v) is 10.3. The third-order valence-corrected chi connectivity index (χ3v) is 4.51. The SMILES string of the molecule is CC[C@H](CN(C)CCCCCC(=O)OCCBr)[C@H](O)O[C@H](C)CC. The van der Waals surface area contributed by atoms with Crippen molar-refractivity contribution in [2.45, 2.75) is 71.7 Å². The summed E-state index contributed by atoms with van der Waals surface area (Å²) in [6.07, 6.45) is 4.60. The van der Waals surface area contributed by atoms with Crippen molar-refractivity contribution in [2.75, 3.05) is 32.1 Å². The first kappa shape index (κ1) is 23.8. The Balaban J connectivity index is 3.86. The number of carbonyl (C=O) groups excluding carboxylic acids is 1. The van der Waals surface area contributed by atoms with Gasteiger partial charge < -0.3 is 19.5 Å². The summed E-state index contributed by atoms with van der Waals surface area (Å²) in [5.74, 6) is 0.0161. The van der Waals surface area contributed by atoms with Gasteiger partial charge in [0.05, 0.1) is 6.10 Å². The van der Waals surface area contributed by atoms with Crippen LogP contribution in [0.4, 0.5) is 0 Å². The van der Waals surface area contributed by atoms with E-state index < -0.39 is 6.29 Å². The monoisotopic (exact) mass is 409 g/mol. The summed E-state index contributed by atoms with van der Waals surface area (Å²) >= 11 is 3.23. The molecule has 0 fully saturated rings. The topological polar surface area (TPSA) is 59.0 Å². The summed E-state index contributed by atoms with van der Waals surface area (Å²) < 4.78 is 10.6. The second kappa shape index (κ2) is 15.1. The number of esters is 1. The molecule has 0 radical (unpaired) electrons. The van der Waals surface area contributed by atoms with Gasteiger partial charge in [0.1, 0.15) is 6.61 Å². The molecule has 0 rings (SSSR count). The minimum atomic E-state index is -0.698. The predicted molar refractivity (Wildman–Crippen MR) is 101 cm³/mol. The highest BCUT2D eigenvalue weighted by molar-refractivity contribution is 9.09. The number of aliphatic hydroxyl groups excluding tert-OH is 1.